The Morgan fingerprint density at radius 3 is 2.57 bits per heavy atom. The van der Waals surface area contributed by atoms with Crippen LogP contribution in [0.15, 0.2) is 54.7 Å². The molecule has 35 heavy (non-hydrogen) atoms. The van der Waals surface area contributed by atoms with E-state index in [-0.39, 0.29) is 40.8 Å². The van der Waals surface area contributed by atoms with Crippen molar-refractivity contribution in [2.24, 2.45) is 0 Å². The number of anilines is 1. The second-order valence-electron chi connectivity index (χ2n) is 10.3. The predicted molar refractivity (Wildman–Crippen MR) is 142 cm³/mol. The van der Waals surface area contributed by atoms with E-state index in [2.05, 4.69) is 51.3 Å². The summed E-state index contributed by atoms with van der Waals surface area (Å²) in [6.45, 7) is 10.5. The van der Waals surface area contributed by atoms with Crippen LogP contribution in [0.4, 0.5) is 10.1 Å². The minimum Gasteiger partial charge on any atom is -0.325 e. The van der Waals surface area contributed by atoms with E-state index in [9.17, 15) is 9.18 Å². The van der Waals surface area contributed by atoms with E-state index in [4.69, 9.17) is 16.7 Å². The molecule has 0 radical (unpaired) electrons. The summed E-state index contributed by atoms with van der Waals surface area (Å²) in [5.41, 5.74) is 3.39. The van der Waals surface area contributed by atoms with Crippen molar-refractivity contribution in [2.75, 3.05) is 5.32 Å². The van der Waals surface area contributed by atoms with Gasteiger partial charge in [0.15, 0.2) is 0 Å². The zero-order chi connectivity index (χ0) is 24.6. The minimum atomic E-state index is -0.474. The fourth-order valence-electron chi connectivity index (χ4n) is 4.41. The molecule has 2 heterocycles. The van der Waals surface area contributed by atoms with Gasteiger partial charge in [-0.05, 0) is 74.6 Å². The van der Waals surface area contributed by atoms with E-state index >= 15 is 0 Å². The number of hydrogen-bond acceptors (Lipinski definition) is 3. The molecule has 8 heteroatoms. The Labute approximate surface area is 217 Å². The molecule has 5 nitrogen and oxygen atoms in total. The summed E-state index contributed by atoms with van der Waals surface area (Å²) in [7, 11) is 0. The number of amides is 1. The second kappa shape index (κ2) is 10.7. The first-order valence-corrected chi connectivity index (χ1v) is 12.1. The Morgan fingerprint density at radius 2 is 1.94 bits per heavy atom. The molecule has 0 spiro atoms. The van der Waals surface area contributed by atoms with E-state index < -0.39 is 11.9 Å². The fraction of sp³-hybridized carbons (Fsp3) is 0.407. The highest BCUT2D eigenvalue weighted by Gasteiger charge is 2.40. The number of carbonyl (C=O) groups excluding carboxylic acids is 1. The van der Waals surface area contributed by atoms with Gasteiger partial charge in [0.1, 0.15) is 5.82 Å². The van der Waals surface area contributed by atoms with E-state index in [1.54, 1.807) is 6.07 Å². The lowest BCUT2D eigenvalue weighted by molar-refractivity contribution is -0.117. The lowest BCUT2D eigenvalue weighted by atomic mass is 9.90. The van der Waals surface area contributed by atoms with Crippen molar-refractivity contribution in [1.29, 1.82) is 0 Å². The molecule has 2 N–H and O–H groups in total. The van der Waals surface area contributed by atoms with Crippen LogP contribution in [-0.2, 0) is 10.3 Å². The third-order valence-electron chi connectivity index (χ3n) is 6.39. The van der Waals surface area contributed by atoms with Crippen LogP contribution in [0.3, 0.4) is 0 Å². The Bertz CT molecular complexity index is 1190. The Hall–Kier alpha value is -2.41. The van der Waals surface area contributed by atoms with Crippen LogP contribution in [-0.4, -0.2) is 21.7 Å². The molecule has 1 unspecified atom stereocenters. The second-order valence-corrected chi connectivity index (χ2v) is 10.7. The first-order chi connectivity index (χ1) is 16.0. The van der Waals surface area contributed by atoms with E-state index in [1.165, 1.54) is 6.07 Å². The quantitative estimate of drug-likeness (QED) is 0.390. The van der Waals surface area contributed by atoms with Gasteiger partial charge >= 0.3 is 0 Å². The molecule has 0 saturated carbocycles. The predicted octanol–water partition coefficient (Wildman–Crippen LogP) is 6.80. The number of halogens is 3. The highest BCUT2D eigenvalue weighted by molar-refractivity contribution is 6.30. The van der Waals surface area contributed by atoms with Gasteiger partial charge in [-0.25, -0.2) is 4.39 Å². The molecule has 1 aliphatic rings. The lowest BCUT2D eigenvalue weighted by Crippen LogP contribution is -2.36. The maximum absolute atomic E-state index is 14.3. The highest BCUT2D eigenvalue weighted by atomic mass is 35.5. The summed E-state index contributed by atoms with van der Waals surface area (Å²) < 4.78 is 16.2. The van der Waals surface area contributed by atoms with Crippen LogP contribution in [0.1, 0.15) is 75.7 Å². The normalized spacial score (nSPS) is 20.1. The van der Waals surface area contributed by atoms with Crippen LogP contribution in [0, 0.1) is 5.82 Å². The van der Waals surface area contributed by atoms with Crippen molar-refractivity contribution in [3.05, 3.63) is 82.4 Å². The molecule has 1 fully saturated rings. The zero-order valence-corrected chi connectivity index (χ0v) is 22.3. The van der Waals surface area contributed by atoms with Crippen molar-refractivity contribution in [2.45, 2.75) is 70.5 Å². The van der Waals surface area contributed by atoms with Crippen LogP contribution >= 0.6 is 24.0 Å². The summed E-state index contributed by atoms with van der Waals surface area (Å²) in [6, 6.07) is 14.0. The highest BCUT2D eigenvalue weighted by Crippen LogP contribution is 2.41. The Morgan fingerprint density at radius 1 is 1.20 bits per heavy atom. The molecule has 1 aliphatic heterocycles. The first kappa shape index (κ1) is 27.2. The van der Waals surface area contributed by atoms with Crippen LogP contribution in [0.25, 0.3) is 0 Å². The smallest absolute Gasteiger partial charge is 0.241 e. The third-order valence-corrected chi connectivity index (χ3v) is 6.70. The molecule has 0 aliphatic carbocycles. The molecule has 188 valence electrons. The van der Waals surface area contributed by atoms with Gasteiger partial charge < -0.3 is 5.32 Å². The molecule has 4 rings (SSSR count). The number of nitrogens with one attached hydrogen (secondary N) is 2. The summed E-state index contributed by atoms with van der Waals surface area (Å²) in [6.07, 6.45) is 2.51. The van der Waals surface area contributed by atoms with Gasteiger partial charge in [0.25, 0.3) is 0 Å². The van der Waals surface area contributed by atoms with Gasteiger partial charge in [0, 0.05) is 23.8 Å². The largest absolute Gasteiger partial charge is 0.325 e. The van der Waals surface area contributed by atoms with Gasteiger partial charge in [0.05, 0.1) is 22.3 Å². The number of nitrogens with zero attached hydrogens (tertiary/aromatic N) is 2. The summed E-state index contributed by atoms with van der Waals surface area (Å²) in [5.74, 6) is -0.314. The van der Waals surface area contributed by atoms with Crippen molar-refractivity contribution in [3.63, 3.8) is 0 Å². The average molecular weight is 519 g/mol. The van der Waals surface area contributed by atoms with Crippen LogP contribution < -0.4 is 10.6 Å². The Kier molecular flexibility index (Phi) is 8.30. The minimum absolute atomic E-state index is 0. The van der Waals surface area contributed by atoms with Crippen molar-refractivity contribution in [3.8, 4) is 0 Å². The summed E-state index contributed by atoms with van der Waals surface area (Å²) >= 11 is 5.92. The van der Waals surface area contributed by atoms with Crippen molar-refractivity contribution in [1.82, 2.24) is 15.1 Å². The topological polar surface area (TPSA) is 59.0 Å². The van der Waals surface area contributed by atoms with Crippen molar-refractivity contribution < 1.29 is 9.18 Å². The van der Waals surface area contributed by atoms with Gasteiger partial charge in [0.2, 0.25) is 5.91 Å². The molecule has 2 aromatic carbocycles. The molecule has 3 atom stereocenters. The molecule has 1 aromatic heterocycles. The van der Waals surface area contributed by atoms with Gasteiger partial charge in [-0.2, -0.15) is 5.10 Å². The Balaban J connectivity index is 0.00000342. The molecule has 3 aromatic rings. The number of carbonyl (C=O) groups is 1. The molecular weight excluding hydrogens is 486 g/mol. The zero-order valence-electron chi connectivity index (χ0n) is 20.7. The number of hydrogen-bond donors (Lipinski definition) is 2. The molecular formula is C27H33Cl2FN4O. The summed E-state index contributed by atoms with van der Waals surface area (Å²) in [5, 5.41) is 11.4. The van der Waals surface area contributed by atoms with Gasteiger partial charge in [-0.15, -0.1) is 12.4 Å². The maximum atomic E-state index is 14.3. The molecule has 0 bridgehead atoms. The summed E-state index contributed by atoms with van der Waals surface area (Å²) in [4.78, 5) is 13.2. The van der Waals surface area contributed by atoms with E-state index in [0.29, 0.717) is 12.3 Å². The van der Waals surface area contributed by atoms with Crippen LogP contribution in [0.2, 0.25) is 5.02 Å². The van der Waals surface area contributed by atoms with Gasteiger partial charge in [-0.1, -0.05) is 43.6 Å². The SMILES string of the molecule is CC(C)c1cccc(NC(=O)[C@@H]2CC(c3ccn(C(C)(C)C)n3)[C@H](c3ccc(Cl)c(F)c3)N2)c1.Cl. The maximum Gasteiger partial charge on any atom is 0.241 e. The number of rotatable bonds is 5. The third kappa shape index (κ3) is 6.05. The van der Waals surface area contributed by atoms with E-state index in [0.717, 1.165) is 22.5 Å². The van der Waals surface area contributed by atoms with Gasteiger partial charge in [-0.3, -0.25) is 14.8 Å². The average Bonchev–Trinajstić information content (AvgIpc) is 3.43. The van der Waals surface area contributed by atoms with Crippen molar-refractivity contribution >= 4 is 35.6 Å². The first-order valence-electron chi connectivity index (χ1n) is 11.7. The van der Waals surface area contributed by atoms with E-state index in [1.807, 2.05) is 41.2 Å². The monoisotopic (exact) mass is 518 g/mol. The lowest BCUT2D eigenvalue weighted by Gasteiger charge is -2.21. The standard InChI is InChI=1S/C27H32ClFN4O.ClH/c1-16(2)17-7-6-8-19(13-17)30-26(34)24-15-20(23-11-12-33(32-23)27(3,4)5)25(31-24)18-9-10-21(28)22(29)14-18;/h6-14,16,20,24-25,31H,15H2,1-5H3,(H,30,34);1H/t20?,24-,25-;/m0./s1. The van der Waals surface area contributed by atoms with Crippen LogP contribution in [0.5, 0.6) is 0 Å². The molecule has 1 amide bonds. The molecule has 1 saturated heterocycles. The number of aromatic nitrogens is 2. The number of benzene rings is 2. The fourth-order valence-corrected chi connectivity index (χ4v) is 4.53.